The molecule has 13 nitrogen and oxygen atoms in total. The number of aromatic carboxylic acids is 2. The Labute approximate surface area is 255 Å². The molecule has 230 valence electrons. The van der Waals surface area contributed by atoms with E-state index in [-0.39, 0.29) is 40.0 Å². The van der Waals surface area contributed by atoms with Gasteiger partial charge in [-0.3, -0.25) is 15.1 Å². The molecule has 4 aromatic carbocycles. The van der Waals surface area contributed by atoms with E-state index in [2.05, 4.69) is 20.3 Å². The van der Waals surface area contributed by atoms with Gasteiger partial charge >= 0.3 is 23.9 Å². The van der Waals surface area contributed by atoms with Crippen LogP contribution in [0.1, 0.15) is 57.4 Å². The van der Waals surface area contributed by atoms with Crippen molar-refractivity contribution in [2.24, 2.45) is 0 Å². The third kappa shape index (κ3) is 8.00. The van der Waals surface area contributed by atoms with Crippen molar-refractivity contribution in [3.63, 3.8) is 0 Å². The lowest BCUT2D eigenvalue weighted by atomic mass is 10.0. The summed E-state index contributed by atoms with van der Waals surface area (Å²) in [7, 11) is 2.40. The Kier molecular flexibility index (Phi) is 10.1. The standard InChI is InChI=1S/C32H26N2O11/c1-42-31(40)18-3-13-25(29(36)37)20(15-18)17-44-34-22-7-11-24(12-8-22)45-23-9-5-21(6-10-23)33-28(35)27-16-19(32(41)43-2)4-14-26(27)30(38)39/h3-16,34H,17H2,1-2H3,(H,33,35)(H,36,37)(H,38,39). The lowest BCUT2D eigenvalue weighted by molar-refractivity contribution is 0.0591. The van der Waals surface area contributed by atoms with Crippen molar-refractivity contribution < 1.29 is 53.2 Å². The van der Waals surface area contributed by atoms with Crippen LogP contribution in [0, 0.1) is 0 Å². The third-order valence-corrected chi connectivity index (χ3v) is 6.29. The Bertz CT molecular complexity index is 1750. The third-order valence-electron chi connectivity index (χ3n) is 6.29. The van der Waals surface area contributed by atoms with Crippen molar-refractivity contribution in [2.75, 3.05) is 25.0 Å². The highest BCUT2D eigenvalue weighted by Crippen LogP contribution is 2.25. The van der Waals surface area contributed by atoms with Crippen molar-refractivity contribution in [3.8, 4) is 11.5 Å². The number of methoxy groups -OCH3 is 2. The Morgan fingerprint density at radius 1 is 0.622 bits per heavy atom. The summed E-state index contributed by atoms with van der Waals surface area (Å²) in [5.41, 5.74) is 3.59. The zero-order valence-electron chi connectivity index (χ0n) is 23.9. The Hall–Kier alpha value is -6.21. The number of hydrogen-bond donors (Lipinski definition) is 4. The second kappa shape index (κ2) is 14.3. The molecule has 0 heterocycles. The molecule has 0 saturated heterocycles. The van der Waals surface area contributed by atoms with Gasteiger partial charge in [-0.05, 0) is 90.5 Å². The van der Waals surface area contributed by atoms with Crippen molar-refractivity contribution in [2.45, 2.75) is 6.61 Å². The minimum atomic E-state index is -1.33. The summed E-state index contributed by atoms with van der Waals surface area (Å²) in [4.78, 5) is 65.1. The Morgan fingerprint density at radius 2 is 1.13 bits per heavy atom. The summed E-state index contributed by atoms with van der Waals surface area (Å²) in [5.74, 6) is -3.63. The normalized spacial score (nSPS) is 10.4. The molecule has 0 saturated carbocycles. The number of amides is 1. The molecular formula is C32H26N2O11. The molecule has 4 aromatic rings. The van der Waals surface area contributed by atoms with Gasteiger partial charge in [0.15, 0.2) is 0 Å². The molecule has 45 heavy (non-hydrogen) atoms. The number of carboxylic acids is 2. The van der Waals surface area contributed by atoms with E-state index < -0.39 is 29.8 Å². The summed E-state index contributed by atoms with van der Waals surface area (Å²) >= 11 is 0. The van der Waals surface area contributed by atoms with E-state index >= 15 is 0 Å². The maximum Gasteiger partial charge on any atom is 0.337 e. The average molecular weight is 615 g/mol. The number of nitrogens with one attached hydrogen (secondary N) is 2. The fourth-order valence-corrected chi connectivity index (χ4v) is 4.06. The Morgan fingerprint density at radius 3 is 1.67 bits per heavy atom. The predicted molar refractivity (Wildman–Crippen MR) is 159 cm³/mol. The van der Waals surface area contributed by atoms with E-state index in [1.165, 1.54) is 38.5 Å². The van der Waals surface area contributed by atoms with Crippen LogP contribution in [-0.2, 0) is 20.9 Å². The quantitative estimate of drug-likeness (QED) is 0.120. The van der Waals surface area contributed by atoms with Crippen LogP contribution < -0.4 is 15.5 Å². The van der Waals surface area contributed by atoms with E-state index in [0.29, 0.717) is 22.9 Å². The average Bonchev–Trinajstić information content (AvgIpc) is 3.05. The van der Waals surface area contributed by atoms with E-state index in [0.717, 1.165) is 12.1 Å². The van der Waals surface area contributed by atoms with Gasteiger partial charge in [-0.2, -0.15) is 0 Å². The number of carbonyl (C=O) groups is 5. The van der Waals surface area contributed by atoms with Gasteiger partial charge in [0, 0.05) is 5.69 Å². The number of ether oxygens (including phenoxy) is 3. The van der Waals surface area contributed by atoms with Gasteiger partial charge in [0.2, 0.25) is 0 Å². The zero-order chi connectivity index (χ0) is 32.5. The van der Waals surface area contributed by atoms with Crippen LogP contribution in [0.4, 0.5) is 11.4 Å². The van der Waals surface area contributed by atoms with Crippen molar-refractivity contribution in [1.29, 1.82) is 0 Å². The second-order valence-corrected chi connectivity index (χ2v) is 9.22. The highest BCUT2D eigenvalue weighted by molar-refractivity contribution is 6.11. The molecule has 4 N–H and O–H groups in total. The minimum Gasteiger partial charge on any atom is -0.478 e. The number of benzene rings is 4. The first-order valence-electron chi connectivity index (χ1n) is 13.1. The first kappa shape index (κ1) is 31.7. The molecule has 0 aliphatic carbocycles. The topological polar surface area (TPSA) is 187 Å². The van der Waals surface area contributed by atoms with Crippen molar-refractivity contribution in [1.82, 2.24) is 0 Å². The fourth-order valence-electron chi connectivity index (χ4n) is 4.06. The van der Waals surface area contributed by atoms with Gasteiger partial charge in [0.1, 0.15) is 18.1 Å². The van der Waals surface area contributed by atoms with E-state index in [1.807, 2.05) is 0 Å². The molecule has 0 fully saturated rings. The lowest BCUT2D eigenvalue weighted by Crippen LogP contribution is -2.17. The number of carboxylic acid groups (broad SMARTS) is 2. The maximum absolute atomic E-state index is 12.8. The number of anilines is 2. The monoisotopic (exact) mass is 614 g/mol. The first-order valence-corrected chi connectivity index (χ1v) is 13.1. The second-order valence-electron chi connectivity index (χ2n) is 9.22. The number of carbonyl (C=O) groups excluding carboxylic acids is 3. The van der Waals surface area contributed by atoms with Crippen LogP contribution in [0.5, 0.6) is 11.5 Å². The van der Waals surface area contributed by atoms with Gasteiger partial charge in [0.05, 0.1) is 47.7 Å². The van der Waals surface area contributed by atoms with Gasteiger partial charge < -0.3 is 29.7 Å². The summed E-state index contributed by atoms with van der Waals surface area (Å²) < 4.78 is 15.1. The molecule has 0 radical (unpaired) electrons. The SMILES string of the molecule is COC(=O)c1ccc(C(=O)O)c(CONc2ccc(Oc3ccc(NC(=O)c4cc(C(=O)OC)ccc4C(=O)O)cc3)cc2)c1. The maximum atomic E-state index is 12.8. The number of rotatable bonds is 12. The highest BCUT2D eigenvalue weighted by atomic mass is 16.6. The van der Waals surface area contributed by atoms with Crippen molar-refractivity contribution >= 4 is 41.2 Å². The minimum absolute atomic E-state index is 0.0171. The van der Waals surface area contributed by atoms with Crippen LogP contribution in [-0.4, -0.2) is 54.2 Å². The lowest BCUT2D eigenvalue weighted by Gasteiger charge is -2.12. The van der Waals surface area contributed by atoms with E-state index in [1.54, 1.807) is 48.5 Å². The molecule has 13 heteroatoms. The summed E-state index contributed by atoms with van der Waals surface area (Å²) in [6, 6.07) is 20.6. The van der Waals surface area contributed by atoms with Gasteiger partial charge in [-0.15, -0.1) is 0 Å². The van der Waals surface area contributed by atoms with Crippen molar-refractivity contribution in [3.05, 3.63) is 118 Å². The van der Waals surface area contributed by atoms with Crippen LogP contribution >= 0.6 is 0 Å². The molecule has 0 aliphatic heterocycles. The molecule has 0 aromatic heterocycles. The summed E-state index contributed by atoms with van der Waals surface area (Å²) in [5, 5.41) is 21.5. The molecule has 0 spiro atoms. The molecular weight excluding hydrogens is 588 g/mol. The van der Waals surface area contributed by atoms with Gasteiger partial charge in [-0.1, -0.05) is 0 Å². The fraction of sp³-hybridized carbons (Fsp3) is 0.0938. The zero-order valence-corrected chi connectivity index (χ0v) is 23.9. The molecule has 0 aliphatic rings. The molecule has 4 rings (SSSR count). The first-order chi connectivity index (χ1) is 21.6. The molecule has 0 bridgehead atoms. The molecule has 0 atom stereocenters. The van der Waals surface area contributed by atoms with E-state index in [4.69, 9.17) is 9.57 Å². The smallest absolute Gasteiger partial charge is 0.337 e. The molecule has 0 unspecified atom stereocenters. The van der Waals surface area contributed by atoms with Gasteiger partial charge in [0.25, 0.3) is 5.91 Å². The largest absolute Gasteiger partial charge is 0.478 e. The van der Waals surface area contributed by atoms with Crippen LogP contribution in [0.25, 0.3) is 0 Å². The highest BCUT2D eigenvalue weighted by Gasteiger charge is 2.20. The number of hydrogen-bond acceptors (Lipinski definition) is 10. The molecule has 1 amide bonds. The predicted octanol–water partition coefficient (Wildman–Crippen LogP) is 5.24. The van der Waals surface area contributed by atoms with Crippen LogP contribution in [0.2, 0.25) is 0 Å². The van der Waals surface area contributed by atoms with Crippen LogP contribution in [0.15, 0.2) is 84.9 Å². The number of esters is 2. The summed E-state index contributed by atoms with van der Waals surface area (Å²) in [6.07, 6.45) is 0. The van der Waals surface area contributed by atoms with E-state index in [9.17, 15) is 34.2 Å². The Balaban J connectivity index is 1.35. The van der Waals surface area contributed by atoms with Crippen LogP contribution in [0.3, 0.4) is 0 Å². The summed E-state index contributed by atoms with van der Waals surface area (Å²) in [6.45, 7) is -0.151. The van der Waals surface area contributed by atoms with Gasteiger partial charge in [-0.25, -0.2) is 19.2 Å².